The zero-order chi connectivity index (χ0) is 21.7. The maximum absolute atomic E-state index is 14.6. The van der Waals surface area contributed by atoms with E-state index in [4.69, 9.17) is 4.98 Å². The Morgan fingerprint density at radius 2 is 1.94 bits per heavy atom. The van der Waals surface area contributed by atoms with Gasteiger partial charge in [0.2, 0.25) is 0 Å². The number of fused-ring (bicyclic) bond motifs is 3. The first kappa shape index (κ1) is 19.7. The fourth-order valence-electron chi connectivity index (χ4n) is 4.41. The highest BCUT2D eigenvalue weighted by Crippen LogP contribution is 2.42. The normalized spacial score (nSPS) is 18.0. The number of anilines is 2. The Hall–Kier alpha value is -3.29. The van der Waals surface area contributed by atoms with Crippen molar-refractivity contribution in [3.63, 3.8) is 0 Å². The van der Waals surface area contributed by atoms with E-state index in [0.717, 1.165) is 36.6 Å². The van der Waals surface area contributed by atoms with Crippen LogP contribution in [0.2, 0.25) is 0 Å². The molecule has 5 rings (SSSR count). The fourth-order valence-corrected chi connectivity index (χ4v) is 4.41. The summed E-state index contributed by atoms with van der Waals surface area (Å²) in [6.45, 7) is 7.89. The van der Waals surface area contributed by atoms with Crippen LogP contribution >= 0.6 is 0 Å². The minimum atomic E-state index is -0.679. The fraction of sp³-hybridized carbons (Fsp3) is 0.348. The third kappa shape index (κ3) is 3.36. The summed E-state index contributed by atoms with van der Waals surface area (Å²) in [7, 11) is 0. The molecule has 0 aliphatic carbocycles. The van der Waals surface area contributed by atoms with Gasteiger partial charge in [0.05, 0.1) is 28.3 Å². The van der Waals surface area contributed by atoms with Crippen LogP contribution in [0.4, 0.5) is 26.0 Å². The van der Waals surface area contributed by atoms with Gasteiger partial charge in [-0.25, -0.2) is 18.8 Å². The maximum atomic E-state index is 14.6. The summed E-state index contributed by atoms with van der Waals surface area (Å²) in [5.74, 6) is 0.228. The molecule has 0 radical (unpaired) electrons. The van der Waals surface area contributed by atoms with Crippen LogP contribution in [0.25, 0.3) is 11.3 Å². The molecule has 1 fully saturated rings. The second kappa shape index (κ2) is 7.44. The number of halogens is 2. The van der Waals surface area contributed by atoms with Gasteiger partial charge in [0, 0.05) is 18.7 Å². The predicted octanol–water partition coefficient (Wildman–Crippen LogP) is 5.11. The summed E-state index contributed by atoms with van der Waals surface area (Å²) in [5, 5.41) is 10.6. The zero-order valence-electron chi connectivity index (χ0n) is 17.8. The molecule has 0 spiro atoms. The van der Waals surface area contributed by atoms with Gasteiger partial charge in [0.15, 0.2) is 0 Å². The van der Waals surface area contributed by atoms with Crippen molar-refractivity contribution in [2.45, 2.75) is 33.6 Å². The van der Waals surface area contributed by atoms with Gasteiger partial charge in [-0.3, -0.25) is 5.10 Å². The van der Waals surface area contributed by atoms with Crippen molar-refractivity contribution >= 4 is 23.0 Å². The van der Waals surface area contributed by atoms with Crippen LogP contribution in [-0.4, -0.2) is 34.1 Å². The van der Waals surface area contributed by atoms with Crippen molar-refractivity contribution in [1.82, 2.24) is 15.2 Å². The summed E-state index contributed by atoms with van der Waals surface area (Å²) < 4.78 is 29.2. The smallest absolute Gasteiger partial charge is 0.144 e. The molecule has 6 nitrogen and oxygen atoms in total. The topological polar surface area (TPSA) is 69.2 Å². The number of hydrogen-bond acceptors (Lipinski definition) is 5. The third-order valence-corrected chi connectivity index (χ3v) is 6.00. The maximum Gasteiger partial charge on any atom is 0.144 e. The van der Waals surface area contributed by atoms with Gasteiger partial charge in [-0.1, -0.05) is 13.0 Å². The predicted molar refractivity (Wildman–Crippen MR) is 118 cm³/mol. The van der Waals surface area contributed by atoms with E-state index in [1.54, 1.807) is 0 Å². The molecule has 4 heterocycles. The standard InChI is InChI=1S/C23H24F2N6/c1-12-6-5-9-31(11-12)18-10-15-20(13(2)26-18)27-23(19-16(24)7-4-8-17(19)25)28-21-14(3)29-30-22(15)21/h4,7-8,10,12H,5-6,9,11H2,1-3H3,(H,27,28)(H,29,30). The second-order valence-electron chi connectivity index (χ2n) is 8.41. The number of aromatic amines is 1. The molecule has 160 valence electrons. The SMILES string of the molecule is Cc1nc(N2CCCC(C)C2)cc2c1N=C(c1c(F)cccc1F)Nc1c-2n[nH]c1C. The number of nitrogens with zero attached hydrogens (tertiary/aromatic N) is 4. The molecule has 0 bridgehead atoms. The minimum Gasteiger partial charge on any atom is -0.356 e. The lowest BCUT2D eigenvalue weighted by Gasteiger charge is -2.32. The van der Waals surface area contributed by atoms with E-state index in [1.165, 1.54) is 24.6 Å². The summed E-state index contributed by atoms with van der Waals surface area (Å²) >= 11 is 0. The van der Waals surface area contributed by atoms with E-state index in [0.29, 0.717) is 28.7 Å². The number of nitrogens with one attached hydrogen (secondary N) is 2. The summed E-state index contributed by atoms with van der Waals surface area (Å²) in [6, 6.07) is 5.78. The number of amidine groups is 1. The average Bonchev–Trinajstić information content (AvgIpc) is 3.00. The average molecular weight is 422 g/mol. The number of hydrogen-bond donors (Lipinski definition) is 2. The molecule has 2 N–H and O–H groups in total. The van der Waals surface area contributed by atoms with Crippen LogP contribution in [0.5, 0.6) is 0 Å². The minimum absolute atomic E-state index is 0.101. The van der Waals surface area contributed by atoms with Crippen molar-refractivity contribution in [2.24, 2.45) is 10.9 Å². The van der Waals surface area contributed by atoms with Crippen molar-refractivity contribution in [3.05, 3.63) is 52.9 Å². The van der Waals surface area contributed by atoms with Crippen LogP contribution in [-0.2, 0) is 0 Å². The van der Waals surface area contributed by atoms with Gasteiger partial charge in [0.25, 0.3) is 0 Å². The Balaban J connectivity index is 1.71. The summed E-state index contributed by atoms with van der Waals surface area (Å²) in [4.78, 5) is 11.7. The Morgan fingerprint density at radius 1 is 1.16 bits per heavy atom. The lowest BCUT2D eigenvalue weighted by Crippen LogP contribution is -2.34. The summed E-state index contributed by atoms with van der Waals surface area (Å²) in [6.07, 6.45) is 2.34. The van der Waals surface area contributed by atoms with Crippen molar-refractivity contribution in [3.8, 4) is 11.3 Å². The van der Waals surface area contributed by atoms with Gasteiger partial charge in [-0.2, -0.15) is 5.10 Å². The highest BCUT2D eigenvalue weighted by Gasteiger charge is 2.28. The number of pyridine rings is 1. The number of benzene rings is 1. The van der Waals surface area contributed by atoms with Crippen LogP contribution in [0.15, 0.2) is 29.3 Å². The molecule has 1 aromatic carbocycles. The molecule has 8 heteroatoms. The van der Waals surface area contributed by atoms with E-state index in [1.807, 2.05) is 19.9 Å². The first-order chi connectivity index (χ1) is 14.9. The highest BCUT2D eigenvalue weighted by atomic mass is 19.1. The van der Waals surface area contributed by atoms with Gasteiger partial charge in [0.1, 0.15) is 29.0 Å². The molecule has 2 aromatic heterocycles. The molecule has 1 saturated heterocycles. The van der Waals surface area contributed by atoms with Gasteiger partial charge in [-0.15, -0.1) is 0 Å². The number of aryl methyl sites for hydroxylation is 2. The first-order valence-electron chi connectivity index (χ1n) is 10.5. The molecule has 1 atom stereocenters. The van der Waals surface area contributed by atoms with Crippen LogP contribution in [0.1, 0.15) is 36.7 Å². The quantitative estimate of drug-likeness (QED) is 0.602. The highest BCUT2D eigenvalue weighted by molar-refractivity contribution is 6.14. The van der Waals surface area contributed by atoms with Crippen molar-refractivity contribution in [2.75, 3.05) is 23.3 Å². The van der Waals surface area contributed by atoms with Crippen LogP contribution in [0.3, 0.4) is 0 Å². The Bertz CT molecular complexity index is 1180. The van der Waals surface area contributed by atoms with Crippen molar-refractivity contribution < 1.29 is 8.78 Å². The molecular formula is C23H24F2N6. The molecular weight excluding hydrogens is 398 g/mol. The molecule has 31 heavy (non-hydrogen) atoms. The van der Waals surface area contributed by atoms with E-state index in [2.05, 4.69) is 32.3 Å². The molecule has 2 aliphatic rings. The number of piperidine rings is 1. The Labute approximate surface area is 179 Å². The zero-order valence-corrected chi connectivity index (χ0v) is 17.8. The van der Waals surface area contributed by atoms with E-state index in [9.17, 15) is 8.78 Å². The van der Waals surface area contributed by atoms with E-state index in [-0.39, 0.29) is 11.4 Å². The van der Waals surface area contributed by atoms with E-state index < -0.39 is 11.6 Å². The molecule has 2 aliphatic heterocycles. The molecule has 1 unspecified atom stereocenters. The number of aromatic nitrogens is 3. The van der Waals surface area contributed by atoms with Gasteiger partial charge < -0.3 is 10.2 Å². The van der Waals surface area contributed by atoms with Crippen LogP contribution < -0.4 is 10.2 Å². The van der Waals surface area contributed by atoms with E-state index >= 15 is 0 Å². The Kier molecular flexibility index (Phi) is 4.72. The second-order valence-corrected chi connectivity index (χ2v) is 8.41. The van der Waals surface area contributed by atoms with Gasteiger partial charge >= 0.3 is 0 Å². The molecule has 0 saturated carbocycles. The largest absolute Gasteiger partial charge is 0.356 e. The number of H-pyrrole nitrogens is 1. The molecule has 3 aromatic rings. The molecule has 0 amide bonds. The first-order valence-corrected chi connectivity index (χ1v) is 10.5. The number of aliphatic imine (C=N–C) groups is 1. The van der Waals surface area contributed by atoms with Gasteiger partial charge in [-0.05, 0) is 50.8 Å². The lowest BCUT2D eigenvalue weighted by molar-refractivity contribution is 0.444. The van der Waals surface area contributed by atoms with Crippen molar-refractivity contribution in [1.29, 1.82) is 0 Å². The summed E-state index contributed by atoms with van der Waals surface area (Å²) in [5.41, 5.74) is 3.92. The number of rotatable bonds is 2. The Morgan fingerprint density at radius 3 is 2.68 bits per heavy atom. The third-order valence-electron chi connectivity index (χ3n) is 6.00. The van der Waals surface area contributed by atoms with Crippen LogP contribution in [0, 0.1) is 31.4 Å². The monoisotopic (exact) mass is 422 g/mol. The lowest BCUT2D eigenvalue weighted by atomic mass is 10.00.